The molecule has 5 heteroatoms. The van der Waals surface area contributed by atoms with Crippen molar-refractivity contribution in [1.82, 2.24) is 14.5 Å². The number of halogens is 1. The molecular formula is C19H14ClN3O. The van der Waals surface area contributed by atoms with Gasteiger partial charge in [0.1, 0.15) is 0 Å². The van der Waals surface area contributed by atoms with Gasteiger partial charge in [-0.1, -0.05) is 41.9 Å². The van der Waals surface area contributed by atoms with Crippen LogP contribution in [0.3, 0.4) is 0 Å². The van der Waals surface area contributed by atoms with Crippen LogP contribution >= 0.6 is 11.6 Å². The second-order valence-corrected chi connectivity index (χ2v) is 6.09. The molecule has 2 heterocycles. The van der Waals surface area contributed by atoms with Gasteiger partial charge in [0.25, 0.3) is 5.56 Å². The molecule has 0 radical (unpaired) electrons. The summed E-state index contributed by atoms with van der Waals surface area (Å²) in [4.78, 5) is 21.6. The first kappa shape index (κ1) is 14.8. The molecule has 2 aromatic heterocycles. The average Bonchev–Trinajstić information content (AvgIpc) is 2.62. The Bertz CT molecular complexity index is 1130. The smallest absolute Gasteiger partial charge is 0.261 e. The molecule has 0 spiro atoms. The molecule has 0 bridgehead atoms. The Hall–Kier alpha value is -2.72. The van der Waals surface area contributed by atoms with Crippen molar-refractivity contribution in [3.8, 4) is 0 Å². The number of hydrogen-bond donors (Lipinski definition) is 0. The van der Waals surface area contributed by atoms with E-state index in [2.05, 4.69) is 9.97 Å². The van der Waals surface area contributed by atoms with Gasteiger partial charge in [-0.05, 0) is 30.7 Å². The van der Waals surface area contributed by atoms with Crippen LogP contribution in [-0.4, -0.2) is 14.5 Å². The van der Waals surface area contributed by atoms with Gasteiger partial charge in [-0.15, -0.1) is 0 Å². The van der Waals surface area contributed by atoms with E-state index in [-0.39, 0.29) is 5.56 Å². The van der Waals surface area contributed by atoms with Gasteiger partial charge in [0.15, 0.2) is 0 Å². The highest BCUT2D eigenvalue weighted by molar-refractivity contribution is 6.32. The third-order valence-corrected chi connectivity index (χ3v) is 4.70. The highest BCUT2D eigenvalue weighted by Crippen LogP contribution is 2.27. The summed E-state index contributed by atoms with van der Waals surface area (Å²) in [5.74, 6) is 0. The minimum absolute atomic E-state index is 0.0933. The van der Waals surface area contributed by atoms with Gasteiger partial charge in [-0.25, -0.2) is 9.97 Å². The molecule has 4 aromatic rings. The van der Waals surface area contributed by atoms with Gasteiger partial charge in [-0.3, -0.25) is 9.36 Å². The van der Waals surface area contributed by atoms with Crippen molar-refractivity contribution < 1.29 is 0 Å². The number of aromatic nitrogens is 3. The van der Waals surface area contributed by atoms with Gasteiger partial charge in [0.05, 0.1) is 40.0 Å². The topological polar surface area (TPSA) is 47.8 Å². The molecule has 4 rings (SSSR count). The third-order valence-electron chi connectivity index (χ3n) is 4.20. The summed E-state index contributed by atoms with van der Waals surface area (Å²) in [6.45, 7) is 2.26. The van der Waals surface area contributed by atoms with Gasteiger partial charge in [-0.2, -0.15) is 0 Å². The maximum atomic E-state index is 12.6. The fourth-order valence-electron chi connectivity index (χ4n) is 2.90. The first-order chi connectivity index (χ1) is 11.6. The average molecular weight is 336 g/mol. The molecule has 0 fully saturated rings. The van der Waals surface area contributed by atoms with E-state index in [9.17, 15) is 4.79 Å². The number of benzene rings is 2. The predicted octanol–water partition coefficient (Wildman–Crippen LogP) is 3.95. The van der Waals surface area contributed by atoms with Crippen LogP contribution in [0, 0.1) is 6.92 Å². The molecule has 0 atom stereocenters. The molecular weight excluding hydrogens is 322 g/mol. The molecule has 0 unspecified atom stereocenters. The van der Waals surface area contributed by atoms with Crippen molar-refractivity contribution in [3.63, 3.8) is 0 Å². The van der Waals surface area contributed by atoms with Gasteiger partial charge in [0.2, 0.25) is 0 Å². The van der Waals surface area contributed by atoms with E-state index >= 15 is 0 Å². The number of hydrogen-bond acceptors (Lipinski definition) is 3. The van der Waals surface area contributed by atoms with Gasteiger partial charge in [0, 0.05) is 5.39 Å². The molecule has 0 aliphatic heterocycles. The summed E-state index contributed by atoms with van der Waals surface area (Å²) in [5, 5.41) is 2.21. The molecule has 118 valence electrons. The Balaban J connectivity index is 1.87. The summed E-state index contributed by atoms with van der Waals surface area (Å²) in [6.07, 6.45) is 1.55. The first-order valence-corrected chi connectivity index (χ1v) is 8.01. The van der Waals surface area contributed by atoms with E-state index in [1.807, 2.05) is 49.4 Å². The molecule has 0 saturated heterocycles. The van der Waals surface area contributed by atoms with Crippen molar-refractivity contribution in [1.29, 1.82) is 0 Å². The van der Waals surface area contributed by atoms with Crippen molar-refractivity contribution in [2.45, 2.75) is 13.5 Å². The zero-order valence-corrected chi connectivity index (χ0v) is 13.8. The van der Waals surface area contributed by atoms with Crippen molar-refractivity contribution in [2.75, 3.05) is 0 Å². The summed E-state index contributed by atoms with van der Waals surface area (Å²) in [7, 11) is 0. The number of para-hydroxylation sites is 2. The lowest BCUT2D eigenvalue weighted by Crippen LogP contribution is -2.21. The van der Waals surface area contributed by atoms with Crippen molar-refractivity contribution in [2.24, 2.45) is 0 Å². The normalized spacial score (nSPS) is 11.2. The fourth-order valence-corrected chi connectivity index (χ4v) is 3.11. The van der Waals surface area contributed by atoms with Crippen LogP contribution in [0.25, 0.3) is 21.8 Å². The van der Waals surface area contributed by atoms with Crippen LogP contribution < -0.4 is 5.56 Å². The largest absolute Gasteiger partial charge is 0.293 e. The van der Waals surface area contributed by atoms with Gasteiger partial charge >= 0.3 is 0 Å². The van der Waals surface area contributed by atoms with Gasteiger partial charge < -0.3 is 0 Å². The van der Waals surface area contributed by atoms with E-state index < -0.39 is 0 Å². The Kier molecular flexibility index (Phi) is 3.54. The Morgan fingerprint density at radius 3 is 2.46 bits per heavy atom. The van der Waals surface area contributed by atoms with Crippen molar-refractivity contribution in [3.05, 3.63) is 81.5 Å². The minimum Gasteiger partial charge on any atom is -0.293 e. The van der Waals surface area contributed by atoms with Crippen LogP contribution in [0.1, 0.15) is 11.3 Å². The van der Waals surface area contributed by atoms with Crippen LogP contribution in [0.15, 0.2) is 59.7 Å². The maximum Gasteiger partial charge on any atom is 0.261 e. The van der Waals surface area contributed by atoms with Crippen LogP contribution in [0.5, 0.6) is 0 Å². The standard InChI is InChI=1S/C19H14ClN3O/c1-12-13-6-2-5-9-16(13)22-17(18(12)20)10-23-11-21-15-8-4-3-7-14(15)19(23)24/h2-9,11H,10H2,1H3. The second kappa shape index (κ2) is 5.73. The minimum atomic E-state index is -0.0933. The number of rotatable bonds is 2. The van der Waals surface area contributed by atoms with Crippen LogP contribution in [0.2, 0.25) is 5.02 Å². The number of nitrogens with zero attached hydrogens (tertiary/aromatic N) is 3. The lowest BCUT2D eigenvalue weighted by molar-refractivity contribution is 0.732. The fraction of sp³-hybridized carbons (Fsp3) is 0.105. The summed E-state index contributed by atoms with van der Waals surface area (Å²) in [6, 6.07) is 15.2. The van der Waals surface area contributed by atoms with E-state index in [4.69, 9.17) is 11.6 Å². The van der Waals surface area contributed by atoms with Crippen LogP contribution in [-0.2, 0) is 6.54 Å². The summed E-state index contributed by atoms with van der Waals surface area (Å²) < 4.78 is 1.55. The SMILES string of the molecule is Cc1c(Cl)c(Cn2cnc3ccccc3c2=O)nc2ccccc12. The molecule has 0 aliphatic rings. The highest BCUT2D eigenvalue weighted by atomic mass is 35.5. The number of pyridine rings is 1. The Morgan fingerprint density at radius 2 is 1.67 bits per heavy atom. The van der Waals surface area contributed by atoms with E-state index in [1.54, 1.807) is 17.0 Å². The summed E-state index contributed by atoms with van der Waals surface area (Å²) >= 11 is 6.49. The zero-order valence-electron chi connectivity index (χ0n) is 13.0. The molecule has 0 amide bonds. The lowest BCUT2D eigenvalue weighted by Gasteiger charge is -2.11. The number of aryl methyl sites for hydroxylation is 1. The lowest BCUT2D eigenvalue weighted by atomic mass is 10.1. The molecule has 4 nitrogen and oxygen atoms in total. The second-order valence-electron chi connectivity index (χ2n) is 5.71. The Morgan fingerprint density at radius 1 is 1.00 bits per heavy atom. The highest BCUT2D eigenvalue weighted by Gasteiger charge is 2.12. The maximum absolute atomic E-state index is 12.6. The monoisotopic (exact) mass is 335 g/mol. The third kappa shape index (κ3) is 2.36. The quantitative estimate of drug-likeness (QED) is 0.557. The van der Waals surface area contributed by atoms with E-state index in [1.165, 1.54) is 0 Å². The molecule has 0 saturated carbocycles. The van der Waals surface area contributed by atoms with Crippen LogP contribution in [0.4, 0.5) is 0 Å². The van der Waals surface area contributed by atoms with Crippen molar-refractivity contribution >= 4 is 33.4 Å². The molecule has 24 heavy (non-hydrogen) atoms. The molecule has 0 N–H and O–H groups in total. The Labute approximate surface area is 143 Å². The molecule has 2 aromatic carbocycles. The molecule has 0 aliphatic carbocycles. The zero-order chi connectivity index (χ0) is 16.7. The van der Waals surface area contributed by atoms with E-state index in [0.29, 0.717) is 28.2 Å². The number of fused-ring (bicyclic) bond motifs is 2. The van der Waals surface area contributed by atoms with E-state index in [0.717, 1.165) is 16.5 Å². The first-order valence-electron chi connectivity index (χ1n) is 7.63. The summed E-state index contributed by atoms with van der Waals surface area (Å²) in [5.41, 5.74) is 3.11. The predicted molar refractivity (Wildman–Crippen MR) is 96.6 cm³/mol.